The number of likely N-dealkylation sites (N-methyl/N-ethyl adjacent to an activating group) is 2. The van der Waals surface area contributed by atoms with Gasteiger partial charge in [-0.3, -0.25) is 19.5 Å². The summed E-state index contributed by atoms with van der Waals surface area (Å²) in [6.45, 7) is 1.24. The van der Waals surface area contributed by atoms with Crippen LogP contribution in [0.5, 0.6) is 0 Å². The van der Waals surface area contributed by atoms with Crippen molar-refractivity contribution in [2.45, 2.75) is 25.0 Å². The zero-order chi connectivity index (χ0) is 16.1. The van der Waals surface area contributed by atoms with Crippen molar-refractivity contribution in [3.63, 3.8) is 0 Å². The number of amides is 2. The molecule has 0 bridgehead atoms. The summed E-state index contributed by atoms with van der Waals surface area (Å²) in [6, 6.07) is 5.08. The molecule has 22 heavy (non-hydrogen) atoms. The summed E-state index contributed by atoms with van der Waals surface area (Å²) in [4.78, 5) is 32.0. The van der Waals surface area contributed by atoms with Gasteiger partial charge in [-0.25, -0.2) is 0 Å². The number of hydrogen-bond donors (Lipinski definition) is 2. The molecule has 0 aromatic carbocycles. The van der Waals surface area contributed by atoms with Gasteiger partial charge in [0, 0.05) is 32.4 Å². The van der Waals surface area contributed by atoms with Gasteiger partial charge in [-0.2, -0.15) is 0 Å². The van der Waals surface area contributed by atoms with Gasteiger partial charge in [0.2, 0.25) is 11.8 Å². The molecule has 1 saturated heterocycles. The quantitative estimate of drug-likeness (QED) is 0.742. The third kappa shape index (κ3) is 4.02. The second-order valence-electron chi connectivity index (χ2n) is 5.67. The zero-order valence-electron chi connectivity index (χ0n) is 13.0. The number of nitrogens with one attached hydrogen (secondary N) is 1. The molecule has 0 radical (unpaired) electrons. The van der Waals surface area contributed by atoms with Crippen LogP contribution in [0, 0.1) is 0 Å². The fourth-order valence-electron chi connectivity index (χ4n) is 2.71. The monoisotopic (exact) mass is 305 g/mol. The average molecular weight is 305 g/mol. The Morgan fingerprint density at radius 2 is 2.27 bits per heavy atom. The van der Waals surface area contributed by atoms with Gasteiger partial charge in [0.25, 0.3) is 0 Å². The van der Waals surface area contributed by atoms with Crippen LogP contribution in [0.3, 0.4) is 0 Å². The number of rotatable bonds is 5. The van der Waals surface area contributed by atoms with E-state index in [0.717, 1.165) is 5.69 Å². The highest BCUT2D eigenvalue weighted by molar-refractivity contribution is 5.89. The van der Waals surface area contributed by atoms with Gasteiger partial charge in [-0.15, -0.1) is 0 Å². The molecule has 2 atom stereocenters. The summed E-state index contributed by atoms with van der Waals surface area (Å²) in [7, 11) is 3.43. The third-order valence-corrected chi connectivity index (χ3v) is 3.77. The van der Waals surface area contributed by atoms with Gasteiger partial charge in [0.15, 0.2) is 0 Å². The summed E-state index contributed by atoms with van der Waals surface area (Å²) in [5.74, 6) is -0.242. The number of hydrogen-bond acceptors (Lipinski definition) is 5. The summed E-state index contributed by atoms with van der Waals surface area (Å²) in [5, 5.41) is 2.59. The molecule has 7 heteroatoms. The van der Waals surface area contributed by atoms with Crippen LogP contribution in [0.4, 0.5) is 0 Å². The van der Waals surface area contributed by atoms with Crippen molar-refractivity contribution in [1.82, 2.24) is 20.1 Å². The maximum absolute atomic E-state index is 12.5. The molecule has 2 rings (SSSR count). The van der Waals surface area contributed by atoms with E-state index < -0.39 is 6.04 Å². The van der Waals surface area contributed by atoms with Crippen molar-refractivity contribution in [2.24, 2.45) is 5.73 Å². The molecule has 7 nitrogen and oxygen atoms in total. The number of carbonyl (C=O) groups excluding carboxylic acids is 2. The Morgan fingerprint density at radius 3 is 2.91 bits per heavy atom. The first-order valence-corrected chi connectivity index (χ1v) is 7.36. The van der Waals surface area contributed by atoms with Crippen LogP contribution in [0.1, 0.15) is 12.1 Å². The second kappa shape index (κ2) is 7.33. The van der Waals surface area contributed by atoms with Crippen molar-refractivity contribution in [3.8, 4) is 0 Å². The molecule has 1 aliphatic rings. The summed E-state index contributed by atoms with van der Waals surface area (Å²) in [5.41, 5.74) is 6.80. The highest BCUT2D eigenvalue weighted by Gasteiger charge is 2.37. The second-order valence-corrected chi connectivity index (χ2v) is 5.67. The molecule has 2 amide bonds. The lowest BCUT2D eigenvalue weighted by molar-refractivity contribution is -0.139. The van der Waals surface area contributed by atoms with E-state index in [-0.39, 0.29) is 24.4 Å². The maximum atomic E-state index is 12.5. The average Bonchev–Trinajstić information content (AvgIpc) is 2.89. The lowest BCUT2D eigenvalue weighted by atomic mass is 10.1. The minimum absolute atomic E-state index is 0.0834. The molecule has 0 unspecified atom stereocenters. The maximum Gasteiger partial charge on any atom is 0.242 e. The van der Waals surface area contributed by atoms with Gasteiger partial charge in [0.1, 0.15) is 6.04 Å². The van der Waals surface area contributed by atoms with Gasteiger partial charge in [-0.05, 0) is 25.6 Å². The molecule has 2 heterocycles. The molecule has 3 N–H and O–H groups in total. The van der Waals surface area contributed by atoms with Crippen LogP contribution in [-0.2, 0) is 16.1 Å². The smallest absolute Gasteiger partial charge is 0.242 e. The Kier molecular flexibility index (Phi) is 5.46. The number of aromatic nitrogens is 1. The molecular weight excluding hydrogens is 282 g/mol. The Hall–Kier alpha value is -1.99. The number of likely N-dealkylation sites (tertiary alicyclic amines) is 1. The van der Waals surface area contributed by atoms with E-state index in [1.807, 2.05) is 30.1 Å². The minimum Gasteiger partial charge on any atom is -0.357 e. The van der Waals surface area contributed by atoms with E-state index in [1.165, 1.54) is 0 Å². The molecule has 0 spiro atoms. The van der Waals surface area contributed by atoms with Crippen LogP contribution in [-0.4, -0.2) is 65.9 Å². The van der Waals surface area contributed by atoms with Gasteiger partial charge >= 0.3 is 0 Å². The van der Waals surface area contributed by atoms with Crippen LogP contribution in [0.25, 0.3) is 0 Å². The fraction of sp³-hybridized carbons (Fsp3) is 0.533. The molecule has 120 valence electrons. The van der Waals surface area contributed by atoms with E-state index >= 15 is 0 Å². The normalized spacial score (nSPS) is 21.2. The molecular formula is C15H23N5O2. The Balaban J connectivity index is 1.94. The molecule has 1 aromatic heterocycles. The first kappa shape index (κ1) is 16.4. The first-order valence-electron chi connectivity index (χ1n) is 7.36. The zero-order valence-corrected chi connectivity index (χ0v) is 13.0. The van der Waals surface area contributed by atoms with E-state index in [1.54, 1.807) is 18.1 Å². The van der Waals surface area contributed by atoms with E-state index in [9.17, 15) is 9.59 Å². The lowest BCUT2D eigenvalue weighted by Gasteiger charge is -2.25. The van der Waals surface area contributed by atoms with Gasteiger partial charge in [-0.1, -0.05) is 6.07 Å². The predicted molar refractivity (Wildman–Crippen MR) is 82.7 cm³/mol. The van der Waals surface area contributed by atoms with Crippen LogP contribution >= 0.6 is 0 Å². The van der Waals surface area contributed by atoms with Crippen molar-refractivity contribution >= 4 is 11.8 Å². The number of carbonyl (C=O) groups is 2. The van der Waals surface area contributed by atoms with E-state index in [2.05, 4.69) is 10.3 Å². The number of pyridine rings is 1. The molecule has 1 fully saturated rings. The van der Waals surface area contributed by atoms with Crippen molar-refractivity contribution in [2.75, 3.05) is 27.2 Å². The van der Waals surface area contributed by atoms with Crippen LogP contribution in [0.15, 0.2) is 24.4 Å². The van der Waals surface area contributed by atoms with Crippen molar-refractivity contribution in [3.05, 3.63) is 30.1 Å². The number of nitrogens with two attached hydrogens (primary N) is 1. The Bertz CT molecular complexity index is 522. The summed E-state index contributed by atoms with van der Waals surface area (Å²) in [6.07, 6.45) is 2.24. The first-order chi connectivity index (χ1) is 10.5. The predicted octanol–water partition coefficient (Wildman–Crippen LogP) is -0.812. The highest BCUT2D eigenvalue weighted by Crippen LogP contribution is 2.17. The van der Waals surface area contributed by atoms with Gasteiger partial charge in [0.05, 0.1) is 12.2 Å². The van der Waals surface area contributed by atoms with E-state index in [0.29, 0.717) is 19.5 Å². The molecule has 0 saturated carbocycles. The summed E-state index contributed by atoms with van der Waals surface area (Å²) >= 11 is 0. The Labute approximate surface area is 130 Å². The SMILES string of the molecule is CNC(=O)[C@@H]1C[C@@H](N)CN1C(=O)CN(C)Cc1ccccn1. The minimum atomic E-state index is -0.462. The standard InChI is InChI=1S/C15H23N5O2/c1-17-15(22)13-7-11(16)8-20(13)14(21)10-19(2)9-12-5-3-4-6-18-12/h3-6,11,13H,7-10,16H2,1-2H3,(H,17,22)/t11-,13+/m1/s1. The van der Waals surface area contributed by atoms with Crippen LogP contribution < -0.4 is 11.1 Å². The third-order valence-electron chi connectivity index (χ3n) is 3.77. The van der Waals surface area contributed by atoms with Crippen LogP contribution in [0.2, 0.25) is 0 Å². The number of nitrogens with zero attached hydrogens (tertiary/aromatic N) is 3. The molecule has 1 aliphatic heterocycles. The highest BCUT2D eigenvalue weighted by atomic mass is 16.2. The van der Waals surface area contributed by atoms with Gasteiger partial charge < -0.3 is 16.0 Å². The van der Waals surface area contributed by atoms with Crippen molar-refractivity contribution in [1.29, 1.82) is 0 Å². The largest absolute Gasteiger partial charge is 0.357 e. The molecule has 0 aliphatic carbocycles. The lowest BCUT2D eigenvalue weighted by Crippen LogP contribution is -2.48. The Morgan fingerprint density at radius 1 is 1.50 bits per heavy atom. The topological polar surface area (TPSA) is 91.6 Å². The summed E-state index contributed by atoms with van der Waals surface area (Å²) < 4.78 is 0. The fourth-order valence-corrected chi connectivity index (χ4v) is 2.71. The van der Waals surface area contributed by atoms with E-state index in [4.69, 9.17) is 5.73 Å². The van der Waals surface area contributed by atoms with Crippen molar-refractivity contribution < 1.29 is 9.59 Å². The molecule has 1 aromatic rings.